The number of methoxy groups -OCH3 is 1. The van der Waals surface area contributed by atoms with Gasteiger partial charge >= 0.3 is 7.59 Å². The number of likely N-dealkylation sites (N-methyl/N-ethyl adjacent to an activating group) is 1. The lowest BCUT2D eigenvalue weighted by atomic mass is 10.1. The maximum Gasteiger partial charge on any atom is 0.314 e. The molecule has 2 rings (SSSR count). The molecule has 0 aliphatic heterocycles. The molecule has 1 heterocycles. The Bertz CT molecular complexity index is 740. The zero-order valence-corrected chi connectivity index (χ0v) is 16.7. The van der Waals surface area contributed by atoms with Crippen molar-refractivity contribution in [2.45, 2.75) is 6.42 Å². The first-order valence-electron chi connectivity index (χ1n) is 8.01. The van der Waals surface area contributed by atoms with E-state index in [0.717, 1.165) is 29.6 Å². The van der Waals surface area contributed by atoms with Gasteiger partial charge in [-0.05, 0) is 66.4 Å². The number of fused-ring (bicyclic) bond motifs is 1. The highest BCUT2D eigenvalue weighted by molar-refractivity contribution is 7.57. The van der Waals surface area contributed by atoms with Crippen molar-refractivity contribution in [2.24, 2.45) is 0 Å². The minimum Gasteiger partial charge on any atom is -0.497 e. The second kappa shape index (κ2) is 7.28. The van der Waals surface area contributed by atoms with Crippen LogP contribution in [0.3, 0.4) is 0 Å². The lowest BCUT2D eigenvalue weighted by molar-refractivity contribution is 0.414. The number of ether oxygens (including phenoxy) is 1. The summed E-state index contributed by atoms with van der Waals surface area (Å²) in [6.07, 6.45) is 2.94. The Morgan fingerprint density at radius 3 is 2.21 bits per heavy atom. The van der Waals surface area contributed by atoms with Gasteiger partial charge in [-0.3, -0.25) is 8.90 Å². The number of nitrogens with zero attached hydrogens (tertiary/aromatic N) is 4. The van der Waals surface area contributed by atoms with Crippen LogP contribution in [0.1, 0.15) is 5.56 Å². The Labute approximate surface area is 145 Å². The minimum atomic E-state index is -2.90. The predicted molar refractivity (Wildman–Crippen MR) is 101 cm³/mol. The molecule has 0 bridgehead atoms. The van der Waals surface area contributed by atoms with Crippen molar-refractivity contribution in [1.29, 1.82) is 0 Å². The van der Waals surface area contributed by atoms with E-state index in [4.69, 9.17) is 4.74 Å². The SMILES string of the molecule is COc1ccc2c(CCN(C)C)cn(P(=O)(N(C)C)N(C)C)c2c1. The van der Waals surface area contributed by atoms with Crippen LogP contribution in [0.2, 0.25) is 0 Å². The quantitative estimate of drug-likeness (QED) is 0.717. The van der Waals surface area contributed by atoms with Crippen LogP contribution in [-0.4, -0.2) is 74.5 Å². The van der Waals surface area contributed by atoms with Crippen molar-refractivity contribution in [3.05, 3.63) is 30.0 Å². The Hall–Kier alpha value is -1.33. The first-order chi connectivity index (χ1) is 11.2. The third-order valence-corrected chi connectivity index (χ3v) is 7.20. The summed E-state index contributed by atoms with van der Waals surface area (Å²) >= 11 is 0. The molecule has 0 saturated carbocycles. The van der Waals surface area contributed by atoms with E-state index in [9.17, 15) is 4.57 Å². The maximum absolute atomic E-state index is 13.7. The molecule has 0 radical (unpaired) electrons. The van der Waals surface area contributed by atoms with Crippen molar-refractivity contribution in [3.8, 4) is 5.75 Å². The van der Waals surface area contributed by atoms with Gasteiger partial charge in [-0.25, -0.2) is 9.34 Å². The molecule has 0 aliphatic carbocycles. The molecule has 2 aromatic rings. The van der Waals surface area contributed by atoms with Crippen LogP contribution in [0.15, 0.2) is 24.4 Å². The molecule has 24 heavy (non-hydrogen) atoms. The minimum absolute atomic E-state index is 0.769. The molecule has 0 aliphatic rings. The molecular weight excluding hydrogens is 323 g/mol. The third kappa shape index (κ3) is 3.38. The maximum atomic E-state index is 13.7. The Morgan fingerprint density at radius 2 is 1.71 bits per heavy atom. The first-order valence-corrected chi connectivity index (χ1v) is 9.57. The Kier molecular flexibility index (Phi) is 5.76. The van der Waals surface area contributed by atoms with E-state index in [2.05, 4.69) is 25.1 Å². The van der Waals surface area contributed by atoms with E-state index in [1.807, 2.05) is 50.9 Å². The Balaban J connectivity index is 2.69. The molecular formula is C17H29N4O2P. The molecule has 0 unspecified atom stereocenters. The molecule has 0 atom stereocenters. The molecule has 7 heteroatoms. The molecule has 0 N–H and O–H groups in total. The molecule has 0 fully saturated rings. The smallest absolute Gasteiger partial charge is 0.314 e. The van der Waals surface area contributed by atoms with E-state index in [1.165, 1.54) is 5.56 Å². The normalized spacial score (nSPS) is 12.8. The van der Waals surface area contributed by atoms with Crippen molar-refractivity contribution in [1.82, 2.24) is 18.6 Å². The summed E-state index contributed by atoms with van der Waals surface area (Å²) in [7, 11) is 10.3. The fourth-order valence-corrected chi connectivity index (χ4v) is 5.11. The van der Waals surface area contributed by atoms with Crippen LogP contribution >= 0.6 is 7.59 Å². The van der Waals surface area contributed by atoms with Crippen LogP contribution in [-0.2, 0) is 11.0 Å². The van der Waals surface area contributed by atoms with E-state index >= 15 is 0 Å². The van der Waals surface area contributed by atoms with Crippen LogP contribution in [0.4, 0.5) is 0 Å². The number of hydrogen-bond donors (Lipinski definition) is 0. The van der Waals surface area contributed by atoms with Crippen molar-refractivity contribution in [2.75, 3.05) is 55.9 Å². The first kappa shape index (κ1) is 19.0. The standard InChI is InChI=1S/C17H29N4O2P/c1-18(2)11-10-14-13-21(24(22,19(3)4)20(5)6)17-12-15(23-7)8-9-16(14)17/h8-9,12-13H,10-11H2,1-7H3. The zero-order valence-electron chi connectivity index (χ0n) is 15.8. The van der Waals surface area contributed by atoms with Gasteiger partial charge in [0.1, 0.15) is 5.75 Å². The second-order valence-corrected chi connectivity index (χ2v) is 9.70. The van der Waals surface area contributed by atoms with Gasteiger partial charge in [0.25, 0.3) is 0 Å². The zero-order chi connectivity index (χ0) is 18.1. The van der Waals surface area contributed by atoms with Crippen molar-refractivity contribution in [3.63, 3.8) is 0 Å². The van der Waals surface area contributed by atoms with Crippen molar-refractivity contribution >= 4 is 18.5 Å². The van der Waals surface area contributed by atoms with Crippen LogP contribution < -0.4 is 4.74 Å². The van der Waals surface area contributed by atoms with E-state index in [1.54, 1.807) is 16.5 Å². The summed E-state index contributed by atoms with van der Waals surface area (Å²) in [4.78, 5) is 2.16. The van der Waals surface area contributed by atoms with Gasteiger partial charge in [-0.1, -0.05) is 0 Å². The third-order valence-electron chi connectivity index (χ3n) is 4.23. The summed E-state index contributed by atoms with van der Waals surface area (Å²) in [5.41, 5.74) is 2.14. The topological polar surface area (TPSA) is 41.0 Å². The lowest BCUT2D eigenvalue weighted by Gasteiger charge is -2.31. The summed E-state index contributed by atoms with van der Waals surface area (Å²) < 4.78 is 24.6. The number of benzene rings is 1. The number of aromatic nitrogens is 1. The van der Waals surface area contributed by atoms with Crippen molar-refractivity contribution < 1.29 is 9.30 Å². The van der Waals surface area contributed by atoms with Gasteiger partial charge in [0.15, 0.2) is 0 Å². The van der Waals surface area contributed by atoms with Gasteiger partial charge in [0.05, 0.1) is 12.6 Å². The van der Waals surface area contributed by atoms with E-state index in [0.29, 0.717) is 0 Å². The summed E-state index contributed by atoms with van der Waals surface area (Å²) in [5, 5.41) is 1.13. The van der Waals surface area contributed by atoms with Crippen LogP contribution in [0.5, 0.6) is 5.75 Å². The van der Waals surface area contributed by atoms with Crippen LogP contribution in [0, 0.1) is 0 Å². The number of rotatable bonds is 7. The van der Waals surface area contributed by atoms with Crippen LogP contribution in [0.25, 0.3) is 10.9 Å². The second-order valence-electron chi connectivity index (χ2n) is 6.64. The molecule has 6 nitrogen and oxygen atoms in total. The van der Waals surface area contributed by atoms with Gasteiger partial charge in [-0.15, -0.1) is 0 Å². The molecule has 0 spiro atoms. The fourth-order valence-electron chi connectivity index (χ4n) is 2.89. The largest absolute Gasteiger partial charge is 0.497 e. The average Bonchev–Trinajstić information content (AvgIpc) is 2.89. The summed E-state index contributed by atoms with van der Waals surface area (Å²) in [6, 6.07) is 5.99. The molecule has 134 valence electrons. The molecule has 0 amide bonds. The lowest BCUT2D eigenvalue weighted by Crippen LogP contribution is -2.25. The van der Waals surface area contributed by atoms with E-state index in [-0.39, 0.29) is 0 Å². The van der Waals surface area contributed by atoms with Gasteiger partial charge in [0.2, 0.25) is 0 Å². The average molecular weight is 352 g/mol. The highest BCUT2D eigenvalue weighted by Crippen LogP contribution is 2.53. The highest BCUT2D eigenvalue weighted by atomic mass is 31.2. The van der Waals surface area contributed by atoms with Gasteiger partial charge in [-0.2, -0.15) is 0 Å². The van der Waals surface area contributed by atoms with E-state index < -0.39 is 7.59 Å². The fraction of sp³-hybridized carbons (Fsp3) is 0.529. The highest BCUT2D eigenvalue weighted by Gasteiger charge is 2.32. The molecule has 1 aromatic heterocycles. The molecule has 1 aromatic carbocycles. The van der Waals surface area contributed by atoms with Gasteiger partial charge in [0, 0.05) is 24.2 Å². The summed E-state index contributed by atoms with van der Waals surface area (Å²) in [6.45, 7) is 0.944. The van der Waals surface area contributed by atoms with Gasteiger partial charge < -0.3 is 9.64 Å². The monoisotopic (exact) mass is 352 g/mol. The number of hydrogen-bond acceptors (Lipinski definition) is 3. The predicted octanol–water partition coefficient (Wildman–Crippen LogP) is 2.83. The molecule has 0 saturated heterocycles. The summed E-state index contributed by atoms with van der Waals surface area (Å²) in [5.74, 6) is 0.769. The Morgan fingerprint density at radius 1 is 1.08 bits per heavy atom.